The standard InChI is InChI=1S/C19H28N4O3/c1-13(2)18(20)19(26)21-11-16(24)22-15(14-7-4-3-5-8-14)12-23-10-6-9-17(23)25/h3-5,7-8,13,15,18H,6,9-12,20H2,1-2H3,(H,21,26)(H,22,24)/t15?,18-/m0/s1. The number of carbonyl (C=O) groups excluding carboxylic acids is 3. The molecule has 2 atom stereocenters. The van der Waals surface area contributed by atoms with E-state index >= 15 is 0 Å². The van der Waals surface area contributed by atoms with E-state index in [1.807, 2.05) is 44.2 Å². The fourth-order valence-electron chi connectivity index (χ4n) is 2.87. The quantitative estimate of drug-likeness (QED) is 0.630. The van der Waals surface area contributed by atoms with Crippen LogP contribution in [0.1, 0.15) is 38.3 Å². The summed E-state index contributed by atoms with van der Waals surface area (Å²) in [6, 6.07) is 8.55. The van der Waals surface area contributed by atoms with Crippen molar-refractivity contribution in [2.45, 2.75) is 38.8 Å². The van der Waals surface area contributed by atoms with E-state index in [2.05, 4.69) is 10.6 Å². The number of likely N-dealkylation sites (tertiary alicyclic amines) is 1. The van der Waals surface area contributed by atoms with Gasteiger partial charge in [0.15, 0.2) is 0 Å². The first kappa shape index (κ1) is 19.9. The van der Waals surface area contributed by atoms with Gasteiger partial charge < -0.3 is 21.3 Å². The van der Waals surface area contributed by atoms with Crippen LogP contribution >= 0.6 is 0 Å². The van der Waals surface area contributed by atoms with Crippen molar-refractivity contribution in [1.29, 1.82) is 0 Å². The van der Waals surface area contributed by atoms with Gasteiger partial charge in [-0.2, -0.15) is 0 Å². The molecular formula is C19H28N4O3. The molecule has 7 heteroatoms. The maximum atomic E-state index is 12.3. The van der Waals surface area contributed by atoms with Crippen LogP contribution in [0.15, 0.2) is 30.3 Å². The van der Waals surface area contributed by atoms with Crippen LogP contribution in [0.2, 0.25) is 0 Å². The molecule has 0 aromatic heterocycles. The number of carbonyl (C=O) groups is 3. The second kappa shape index (κ2) is 9.33. The van der Waals surface area contributed by atoms with E-state index < -0.39 is 6.04 Å². The fourth-order valence-corrected chi connectivity index (χ4v) is 2.87. The molecule has 0 spiro atoms. The third-order valence-corrected chi connectivity index (χ3v) is 4.56. The lowest BCUT2D eigenvalue weighted by Gasteiger charge is -2.25. The molecule has 1 fully saturated rings. The van der Waals surface area contributed by atoms with Crippen molar-refractivity contribution in [3.8, 4) is 0 Å². The molecule has 1 aliphatic rings. The van der Waals surface area contributed by atoms with Crippen LogP contribution in [0.5, 0.6) is 0 Å². The van der Waals surface area contributed by atoms with E-state index in [0.29, 0.717) is 19.5 Å². The van der Waals surface area contributed by atoms with Gasteiger partial charge in [0.2, 0.25) is 17.7 Å². The molecule has 0 aliphatic carbocycles. The highest BCUT2D eigenvalue weighted by atomic mass is 16.2. The topological polar surface area (TPSA) is 105 Å². The SMILES string of the molecule is CC(C)[C@H](N)C(=O)NCC(=O)NC(CN1CCCC1=O)c1ccccc1. The monoisotopic (exact) mass is 360 g/mol. The lowest BCUT2D eigenvalue weighted by atomic mass is 10.1. The van der Waals surface area contributed by atoms with Crippen LogP contribution in [0, 0.1) is 5.92 Å². The van der Waals surface area contributed by atoms with Gasteiger partial charge in [-0.15, -0.1) is 0 Å². The van der Waals surface area contributed by atoms with Crippen molar-refractivity contribution in [2.75, 3.05) is 19.6 Å². The summed E-state index contributed by atoms with van der Waals surface area (Å²) in [6.07, 6.45) is 1.40. The average Bonchev–Trinajstić information content (AvgIpc) is 3.03. The van der Waals surface area contributed by atoms with Crippen molar-refractivity contribution in [2.24, 2.45) is 11.7 Å². The Morgan fingerprint density at radius 3 is 2.50 bits per heavy atom. The summed E-state index contributed by atoms with van der Waals surface area (Å²) in [5, 5.41) is 5.48. The Hall–Kier alpha value is -2.41. The van der Waals surface area contributed by atoms with Crippen molar-refractivity contribution in [3.63, 3.8) is 0 Å². The van der Waals surface area contributed by atoms with E-state index in [4.69, 9.17) is 5.73 Å². The molecule has 0 bridgehead atoms. The number of nitrogens with two attached hydrogens (primary N) is 1. The van der Waals surface area contributed by atoms with E-state index in [9.17, 15) is 14.4 Å². The molecule has 0 radical (unpaired) electrons. The van der Waals surface area contributed by atoms with Gasteiger partial charge in [0.05, 0.1) is 18.6 Å². The molecule has 1 aromatic carbocycles. The van der Waals surface area contributed by atoms with Crippen molar-refractivity contribution in [3.05, 3.63) is 35.9 Å². The van der Waals surface area contributed by atoms with Gasteiger partial charge in [0, 0.05) is 19.5 Å². The van der Waals surface area contributed by atoms with E-state index in [0.717, 1.165) is 12.0 Å². The minimum atomic E-state index is -0.644. The fraction of sp³-hybridized carbons (Fsp3) is 0.526. The van der Waals surface area contributed by atoms with Gasteiger partial charge in [0.25, 0.3) is 0 Å². The number of hydrogen-bond donors (Lipinski definition) is 3. The Bertz CT molecular complexity index is 633. The Kier molecular flexibility index (Phi) is 7.15. The van der Waals surface area contributed by atoms with E-state index in [-0.39, 0.29) is 36.2 Å². The summed E-state index contributed by atoms with van der Waals surface area (Å²) in [7, 11) is 0. The normalized spacial score (nSPS) is 16.5. The highest BCUT2D eigenvalue weighted by molar-refractivity contribution is 5.87. The smallest absolute Gasteiger partial charge is 0.239 e. The molecule has 4 N–H and O–H groups in total. The predicted octanol–water partition coefficient (Wildman–Crippen LogP) is 0.566. The molecule has 142 valence electrons. The van der Waals surface area contributed by atoms with Gasteiger partial charge in [-0.05, 0) is 17.9 Å². The summed E-state index contributed by atoms with van der Waals surface area (Å²) >= 11 is 0. The molecule has 1 unspecified atom stereocenters. The predicted molar refractivity (Wildman–Crippen MR) is 99.0 cm³/mol. The molecule has 2 rings (SSSR count). The number of benzene rings is 1. The summed E-state index contributed by atoms with van der Waals surface area (Å²) in [4.78, 5) is 37.9. The largest absolute Gasteiger partial charge is 0.346 e. The molecule has 1 saturated heterocycles. The zero-order chi connectivity index (χ0) is 19.1. The minimum Gasteiger partial charge on any atom is -0.346 e. The number of rotatable bonds is 8. The van der Waals surface area contributed by atoms with Crippen molar-refractivity contribution < 1.29 is 14.4 Å². The highest BCUT2D eigenvalue weighted by Gasteiger charge is 2.25. The lowest BCUT2D eigenvalue weighted by Crippen LogP contribution is -2.48. The molecule has 0 saturated carbocycles. The number of hydrogen-bond acceptors (Lipinski definition) is 4. The summed E-state index contributed by atoms with van der Waals surface area (Å²) < 4.78 is 0. The molecule has 1 aliphatic heterocycles. The van der Waals surface area contributed by atoms with Gasteiger partial charge in [0.1, 0.15) is 0 Å². The molecular weight excluding hydrogens is 332 g/mol. The Balaban J connectivity index is 1.96. The first-order valence-corrected chi connectivity index (χ1v) is 9.04. The second-order valence-electron chi connectivity index (χ2n) is 6.96. The van der Waals surface area contributed by atoms with Crippen molar-refractivity contribution in [1.82, 2.24) is 15.5 Å². The van der Waals surface area contributed by atoms with Gasteiger partial charge in [-0.1, -0.05) is 44.2 Å². The number of nitrogens with one attached hydrogen (secondary N) is 2. The molecule has 3 amide bonds. The summed E-state index contributed by atoms with van der Waals surface area (Å²) in [5.74, 6) is -0.552. The molecule has 1 aromatic rings. The second-order valence-corrected chi connectivity index (χ2v) is 6.96. The lowest BCUT2D eigenvalue weighted by molar-refractivity contribution is -0.129. The summed E-state index contributed by atoms with van der Waals surface area (Å²) in [5.41, 5.74) is 6.70. The van der Waals surface area contributed by atoms with Crippen LogP contribution in [-0.2, 0) is 14.4 Å². The van der Waals surface area contributed by atoms with Gasteiger partial charge in [-0.3, -0.25) is 14.4 Å². The highest BCUT2D eigenvalue weighted by Crippen LogP contribution is 2.18. The van der Waals surface area contributed by atoms with Gasteiger partial charge >= 0.3 is 0 Å². The third-order valence-electron chi connectivity index (χ3n) is 4.56. The summed E-state index contributed by atoms with van der Waals surface area (Å²) in [6.45, 7) is 4.69. The Morgan fingerprint density at radius 1 is 1.23 bits per heavy atom. The maximum absolute atomic E-state index is 12.3. The van der Waals surface area contributed by atoms with Crippen molar-refractivity contribution >= 4 is 17.7 Å². The van der Waals surface area contributed by atoms with E-state index in [1.54, 1.807) is 4.90 Å². The van der Waals surface area contributed by atoms with Crippen LogP contribution in [0.3, 0.4) is 0 Å². The van der Waals surface area contributed by atoms with Crippen LogP contribution < -0.4 is 16.4 Å². The van der Waals surface area contributed by atoms with Crippen LogP contribution in [-0.4, -0.2) is 48.3 Å². The Labute approximate surface area is 154 Å². The van der Waals surface area contributed by atoms with Crippen LogP contribution in [0.25, 0.3) is 0 Å². The first-order valence-electron chi connectivity index (χ1n) is 9.04. The maximum Gasteiger partial charge on any atom is 0.239 e. The number of amides is 3. The number of nitrogens with zero attached hydrogens (tertiary/aromatic N) is 1. The zero-order valence-electron chi connectivity index (χ0n) is 15.4. The third kappa shape index (κ3) is 5.56. The van der Waals surface area contributed by atoms with Gasteiger partial charge in [-0.25, -0.2) is 0 Å². The molecule has 7 nitrogen and oxygen atoms in total. The minimum absolute atomic E-state index is 0.00342. The average molecular weight is 360 g/mol. The van der Waals surface area contributed by atoms with E-state index in [1.165, 1.54) is 0 Å². The van der Waals surface area contributed by atoms with Crippen LogP contribution in [0.4, 0.5) is 0 Å². The molecule has 26 heavy (non-hydrogen) atoms. The zero-order valence-corrected chi connectivity index (χ0v) is 15.4. The molecule has 1 heterocycles. The Morgan fingerprint density at radius 2 is 1.92 bits per heavy atom. The first-order chi connectivity index (χ1) is 12.4.